The number of hydroxylamine groups is 3. The van der Waals surface area contributed by atoms with Crippen molar-refractivity contribution in [2.24, 2.45) is 0 Å². The van der Waals surface area contributed by atoms with Crippen LogP contribution in [-0.4, -0.2) is 24.8 Å². The van der Waals surface area contributed by atoms with Gasteiger partial charge in [0, 0.05) is 12.8 Å². The lowest BCUT2D eigenvalue weighted by molar-refractivity contribution is -0.869. The number of nitrogens with zero attached hydrogens (tertiary/aromatic N) is 1. The molecule has 1 atom stereocenters. The van der Waals surface area contributed by atoms with Gasteiger partial charge in [-0.3, -0.25) is 0 Å². The van der Waals surface area contributed by atoms with Crippen LogP contribution >= 0.6 is 0 Å². The van der Waals surface area contributed by atoms with Crippen molar-refractivity contribution in [3.63, 3.8) is 0 Å². The van der Waals surface area contributed by atoms with Gasteiger partial charge in [0.15, 0.2) is 0 Å². The monoisotopic (exact) mass is 295 g/mol. The Morgan fingerprint density at radius 3 is 2.36 bits per heavy atom. The molecule has 22 heavy (non-hydrogen) atoms. The summed E-state index contributed by atoms with van der Waals surface area (Å²) in [6, 6.07) is 18.9. The summed E-state index contributed by atoms with van der Waals surface area (Å²) in [6.45, 7) is 1.24. The molecule has 1 spiro atoms. The van der Waals surface area contributed by atoms with E-state index < -0.39 is 0 Å². The highest BCUT2D eigenvalue weighted by atomic mass is 16.5. The van der Waals surface area contributed by atoms with Crippen molar-refractivity contribution in [3.05, 3.63) is 76.5 Å². The van der Waals surface area contributed by atoms with Crippen LogP contribution in [0.3, 0.4) is 0 Å². The number of likely N-dealkylation sites (tertiary alicyclic amines) is 1. The third kappa shape index (κ3) is 2.17. The molecule has 0 aromatic heterocycles. The fourth-order valence-corrected chi connectivity index (χ4v) is 3.83. The molecule has 3 nitrogen and oxygen atoms in total. The van der Waals surface area contributed by atoms with Crippen LogP contribution in [0.25, 0.3) is 0 Å². The highest BCUT2D eigenvalue weighted by Crippen LogP contribution is 2.51. The molecule has 1 unspecified atom stereocenters. The van der Waals surface area contributed by atoms with Crippen molar-refractivity contribution < 1.29 is 9.38 Å². The summed E-state index contributed by atoms with van der Waals surface area (Å²) in [6.07, 6.45) is 1.58. The van der Waals surface area contributed by atoms with Crippen LogP contribution in [0.15, 0.2) is 54.6 Å². The Balaban J connectivity index is 1.75. The molecule has 114 valence electrons. The third-order valence-electron chi connectivity index (χ3n) is 5.16. The van der Waals surface area contributed by atoms with Gasteiger partial charge in [0.1, 0.15) is 11.7 Å². The molecule has 2 heterocycles. The molecule has 2 aromatic carbocycles. The largest absolute Gasteiger partial charge is 0.633 e. The average Bonchev–Trinajstić information content (AvgIpc) is 2.87. The molecular formula is C19H21NO2. The minimum absolute atomic E-state index is 0.0130. The van der Waals surface area contributed by atoms with Gasteiger partial charge >= 0.3 is 0 Å². The maximum absolute atomic E-state index is 12.2. The molecule has 4 rings (SSSR count). The zero-order chi connectivity index (χ0) is 15.2. The normalized spacial score (nSPS) is 33.8. The summed E-state index contributed by atoms with van der Waals surface area (Å²) in [5.74, 6) is 0. The Kier molecular flexibility index (Phi) is 3.12. The van der Waals surface area contributed by atoms with Crippen molar-refractivity contribution in [2.45, 2.75) is 24.5 Å². The van der Waals surface area contributed by atoms with Crippen LogP contribution in [0.5, 0.6) is 0 Å². The number of piperidine rings is 1. The highest BCUT2D eigenvalue weighted by Gasteiger charge is 2.48. The predicted molar refractivity (Wildman–Crippen MR) is 86.0 cm³/mol. The van der Waals surface area contributed by atoms with E-state index in [-0.39, 0.29) is 16.4 Å². The maximum atomic E-state index is 12.2. The molecule has 2 aliphatic rings. The second kappa shape index (κ2) is 4.92. The van der Waals surface area contributed by atoms with Crippen LogP contribution in [0, 0.1) is 5.21 Å². The van der Waals surface area contributed by atoms with Crippen molar-refractivity contribution in [3.8, 4) is 0 Å². The first kappa shape index (κ1) is 13.9. The SMILES string of the molecule is C[N+]1([O-])CCC2(CC1)OC(c1ccccc1)c1ccccc12. The molecule has 2 aromatic rings. The fraction of sp³-hybridized carbons (Fsp3) is 0.368. The van der Waals surface area contributed by atoms with Gasteiger partial charge in [0.2, 0.25) is 0 Å². The molecule has 0 radical (unpaired) electrons. The first-order chi connectivity index (χ1) is 10.6. The molecule has 0 aliphatic carbocycles. The Labute approximate surface area is 131 Å². The Hall–Kier alpha value is -1.68. The van der Waals surface area contributed by atoms with E-state index in [9.17, 15) is 5.21 Å². The van der Waals surface area contributed by atoms with E-state index in [0.29, 0.717) is 13.1 Å². The minimum Gasteiger partial charge on any atom is -0.633 e. The quantitative estimate of drug-likeness (QED) is 0.593. The second-order valence-electron chi connectivity index (χ2n) is 6.73. The van der Waals surface area contributed by atoms with E-state index in [2.05, 4.69) is 48.5 Å². The van der Waals surface area contributed by atoms with Gasteiger partial charge < -0.3 is 14.6 Å². The number of fused-ring (bicyclic) bond motifs is 2. The van der Waals surface area contributed by atoms with Crippen molar-refractivity contribution in [1.82, 2.24) is 0 Å². The number of hydrogen-bond donors (Lipinski definition) is 0. The smallest absolute Gasteiger partial charge is 0.109 e. The lowest BCUT2D eigenvalue weighted by Crippen LogP contribution is -2.50. The first-order valence-electron chi connectivity index (χ1n) is 7.97. The number of rotatable bonds is 1. The second-order valence-corrected chi connectivity index (χ2v) is 6.73. The summed E-state index contributed by atoms with van der Waals surface area (Å²) in [5, 5.41) is 12.2. The van der Waals surface area contributed by atoms with Crippen LogP contribution in [0.4, 0.5) is 0 Å². The molecule has 0 saturated carbocycles. The fourth-order valence-electron chi connectivity index (χ4n) is 3.83. The number of quaternary nitrogens is 1. The van der Waals surface area contributed by atoms with Gasteiger partial charge in [-0.15, -0.1) is 0 Å². The van der Waals surface area contributed by atoms with Gasteiger partial charge in [0.25, 0.3) is 0 Å². The van der Waals surface area contributed by atoms with E-state index in [1.165, 1.54) is 16.7 Å². The number of hydrogen-bond acceptors (Lipinski definition) is 2. The molecule has 0 N–H and O–H groups in total. The zero-order valence-electron chi connectivity index (χ0n) is 12.9. The zero-order valence-corrected chi connectivity index (χ0v) is 12.9. The topological polar surface area (TPSA) is 32.3 Å². The maximum Gasteiger partial charge on any atom is 0.109 e. The van der Waals surface area contributed by atoms with Crippen LogP contribution in [0.1, 0.15) is 35.6 Å². The van der Waals surface area contributed by atoms with Crippen molar-refractivity contribution in [2.75, 3.05) is 20.1 Å². The Morgan fingerprint density at radius 2 is 1.64 bits per heavy atom. The van der Waals surface area contributed by atoms with Crippen LogP contribution < -0.4 is 0 Å². The highest BCUT2D eigenvalue weighted by molar-refractivity contribution is 5.43. The molecule has 2 aliphatic heterocycles. The minimum atomic E-state index is -0.279. The lowest BCUT2D eigenvalue weighted by atomic mass is 9.83. The molecule has 0 amide bonds. The third-order valence-corrected chi connectivity index (χ3v) is 5.16. The summed E-state index contributed by atoms with van der Waals surface area (Å²) in [4.78, 5) is 0. The summed E-state index contributed by atoms with van der Waals surface area (Å²) in [5.41, 5.74) is 3.45. The Bertz CT molecular complexity index is 671. The molecule has 1 fully saturated rings. The van der Waals surface area contributed by atoms with Crippen molar-refractivity contribution in [1.29, 1.82) is 0 Å². The van der Waals surface area contributed by atoms with Gasteiger partial charge in [0.05, 0.1) is 20.1 Å². The molecule has 1 saturated heterocycles. The molecular weight excluding hydrogens is 274 g/mol. The summed E-state index contributed by atoms with van der Waals surface area (Å²) < 4.78 is 6.44. The summed E-state index contributed by atoms with van der Waals surface area (Å²) in [7, 11) is 1.77. The predicted octanol–water partition coefficient (Wildman–Crippen LogP) is 3.74. The van der Waals surface area contributed by atoms with Crippen molar-refractivity contribution >= 4 is 0 Å². The van der Waals surface area contributed by atoms with Gasteiger partial charge in [-0.25, -0.2) is 0 Å². The van der Waals surface area contributed by atoms with E-state index in [1.54, 1.807) is 7.05 Å². The molecule has 3 heteroatoms. The lowest BCUT2D eigenvalue weighted by Gasteiger charge is -2.47. The standard InChI is InChI=1S/C19H21NO2/c1-20(21)13-11-19(12-14-20)17-10-6-5-9-16(17)18(22-19)15-7-3-2-4-8-15/h2-10,18H,11-14H2,1H3. The average molecular weight is 295 g/mol. The first-order valence-corrected chi connectivity index (χ1v) is 7.97. The molecule has 0 bridgehead atoms. The van der Waals surface area contributed by atoms with Crippen LogP contribution in [-0.2, 0) is 10.3 Å². The van der Waals surface area contributed by atoms with E-state index in [4.69, 9.17) is 4.74 Å². The van der Waals surface area contributed by atoms with Gasteiger partial charge in [-0.05, 0) is 16.7 Å². The van der Waals surface area contributed by atoms with E-state index in [0.717, 1.165) is 12.8 Å². The number of benzene rings is 2. The number of ether oxygens (including phenoxy) is 1. The van der Waals surface area contributed by atoms with Gasteiger partial charge in [-0.2, -0.15) is 0 Å². The Morgan fingerprint density at radius 1 is 1.00 bits per heavy atom. The van der Waals surface area contributed by atoms with Crippen LogP contribution in [0.2, 0.25) is 0 Å². The van der Waals surface area contributed by atoms with E-state index in [1.807, 2.05) is 6.07 Å². The van der Waals surface area contributed by atoms with E-state index >= 15 is 0 Å². The summed E-state index contributed by atoms with van der Waals surface area (Å²) >= 11 is 0. The van der Waals surface area contributed by atoms with Gasteiger partial charge in [-0.1, -0.05) is 54.6 Å².